The third-order valence-corrected chi connectivity index (χ3v) is 4.96. The van der Waals surface area contributed by atoms with Crippen molar-refractivity contribution in [3.8, 4) is 28.3 Å². The molecule has 0 radical (unpaired) electrons. The third-order valence-electron chi connectivity index (χ3n) is 4.96. The summed E-state index contributed by atoms with van der Waals surface area (Å²) in [5, 5.41) is 5.68. The molecule has 0 aliphatic rings. The Labute approximate surface area is 175 Å². The number of fused-ring (bicyclic) bond motifs is 1. The van der Waals surface area contributed by atoms with Gasteiger partial charge in [0.05, 0.1) is 30.5 Å². The highest BCUT2D eigenvalue weighted by atomic mass is 16.5. The van der Waals surface area contributed by atoms with Crippen molar-refractivity contribution in [1.29, 1.82) is 0 Å². The molecule has 0 unspecified atom stereocenters. The lowest BCUT2D eigenvalue weighted by atomic mass is 10.0. The summed E-state index contributed by atoms with van der Waals surface area (Å²) in [5.41, 5.74) is 5.26. The van der Waals surface area contributed by atoms with Crippen molar-refractivity contribution in [3.05, 3.63) is 67.1 Å². The van der Waals surface area contributed by atoms with E-state index < -0.39 is 0 Å². The van der Waals surface area contributed by atoms with Crippen molar-refractivity contribution < 1.29 is 9.47 Å². The van der Waals surface area contributed by atoms with Gasteiger partial charge in [-0.15, -0.1) is 0 Å². The van der Waals surface area contributed by atoms with Gasteiger partial charge in [0.1, 0.15) is 23.5 Å². The maximum atomic E-state index is 5.65. The normalized spacial score (nSPS) is 10.9. The van der Waals surface area contributed by atoms with Crippen molar-refractivity contribution in [1.82, 2.24) is 19.7 Å². The summed E-state index contributed by atoms with van der Waals surface area (Å²) in [6.45, 7) is 9.35. The van der Waals surface area contributed by atoms with Gasteiger partial charge in [-0.1, -0.05) is 36.9 Å². The molecule has 0 N–H and O–H groups in total. The smallest absolute Gasteiger partial charge is 0.131 e. The van der Waals surface area contributed by atoms with Crippen LogP contribution in [-0.4, -0.2) is 33.5 Å². The van der Waals surface area contributed by atoms with E-state index in [0.29, 0.717) is 18.1 Å². The topological polar surface area (TPSA) is 62.1 Å². The molecule has 0 aliphatic heterocycles. The minimum Gasteiger partial charge on any atom is -0.496 e. The predicted octanol–water partition coefficient (Wildman–Crippen LogP) is 5.20. The zero-order valence-corrected chi connectivity index (χ0v) is 17.4. The molecular weight excluding hydrogens is 376 g/mol. The minimum absolute atomic E-state index is 0.527. The monoisotopic (exact) mass is 400 g/mol. The van der Waals surface area contributed by atoms with E-state index in [2.05, 4.69) is 35.6 Å². The van der Waals surface area contributed by atoms with Crippen molar-refractivity contribution in [2.45, 2.75) is 20.4 Å². The Balaban J connectivity index is 1.97. The van der Waals surface area contributed by atoms with Crippen LogP contribution in [0.1, 0.15) is 19.4 Å². The molecule has 2 aromatic heterocycles. The number of aromatic nitrogens is 4. The van der Waals surface area contributed by atoms with Crippen LogP contribution in [0.4, 0.5) is 0 Å². The molecule has 2 aromatic carbocycles. The molecule has 0 bridgehead atoms. The SMILES string of the molecule is C=C(OCC)c1cc2c(-c3cn(CC)nc3-c3ccccc3)ncnc2cc1OC. The third kappa shape index (κ3) is 3.52. The fourth-order valence-electron chi connectivity index (χ4n) is 3.50. The molecule has 2 heterocycles. The van der Waals surface area contributed by atoms with Gasteiger partial charge in [0.15, 0.2) is 0 Å². The lowest BCUT2D eigenvalue weighted by Crippen LogP contribution is -1.97. The van der Waals surface area contributed by atoms with E-state index >= 15 is 0 Å². The van der Waals surface area contributed by atoms with E-state index in [1.54, 1.807) is 13.4 Å². The number of aryl methyl sites for hydroxylation is 1. The first-order chi connectivity index (χ1) is 14.7. The summed E-state index contributed by atoms with van der Waals surface area (Å²) in [4.78, 5) is 9.10. The maximum Gasteiger partial charge on any atom is 0.131 e. The number of hydrogen-bond donors (Lipinski definition) is 0. The number of hydrogen-bond acceptors (Lipinski definition) is 5. The molecule has 0 saturated carbocycles. The van der Waals surface area contributed by atoms with E-state index in [9.17, 15) is 0 Å². The Bertz CT molecular complexity index is 1200. The summed E-state index contributed by atoms with van der Waals surface area (Å²) >= 11 is 0. The Hall–Kier alpha value is -3.67. The minimum atomic E-state index is 0.527. The quantitative estimate of drug-likeness (QED) is 0.399. The second kappa shape index (κ2) is 8.37. The molecule has 0 atom stereocenters. The van der Waals surface area contributed by atoms with Crippen molar-refractivity contribution >= 4 is 16.7 Å². The molecular formula is C24H24N4O2. The van der Waals surface area contributed by atoms with Gasteiger partial charge in [0.2, 0.25) is 0 Å². The number of benzene rings is 2. The van der Waals surface area contributed by atoms with Gasteiger partial charge in [0, 0.05) is 35.3 Å². The summed E-state index contributed by atoms with van der Waals surface area (Å²) in [5.74, 6) is 1.22. The van der Waals surface area contributed by atoms with Gasteiger partial charge >= 0.3 is 0 Å². The summed E-state index contributed by atoms with van der Waals surface area (Å²) in [6.07, 6.45) is 3.61. The molecule has 0 amide bonds. The zero-order chi connectivity index (χ0) is 21.1. The van der Waals surface area contributed by atoms with Crippen LogP contribution >= 0.6 is 0 Å². The fraction of sp³-hybridized carbons (Fsp3) is 0.208. The van der Waals surface area contributed by atoms with E-state index in [-0.39, 0.29) is 0 Å². The molecule has 6 nitrogen and oxygen atoms in total. The molecule has 152 valence electrons. The van der Waals surface area contributed by atoms with Gasteiger partial charge in [0.25, 0.3) is 0 Å². The number of nitrogens with zero attached hydrogens (tertiary/aromatic N) is 4. The fourth-order valence-corrected chi connectivity index (χ4v) is 3.50. The van der Waals surface area contributed by atoms with Crippen LogP contribution in [0.25, 0.3) is 39.2 Å². The van der Waals surface area contributed by atoms with Gasteiger partial charge in [-0.25, -0.2) is 9.97 Å². The van der Waals surface area contributed by atoms with Gasteiger partial charge in [-0.2, -0.15) is 5.10 Å². The van der Waals surface area contributed by atoms with Crippen LogP contribution in [0.3, 0.4) is 0 Å². The Morgan fingerprint density at radius 2 is 1.87 bits per heavy atom. The molecule has 6 heteroatoms. The van der Waals surface area contributed by atoms with Crippen LogP contribution in [0.2, 0.25) is 0 Å². The van der Waals surface area contributed by atoms with E-state index in [0.717, 1.165) is 45.5 Å². The van der Waals surface area contributed by atoms with Crippen LogP contribution < -0.4 is 4.74 Å². The van der Waals surface area contributed by atoms with Crippen LogP contribution in [0.15, 0.2) is 61.6 Å². The second-order valence-electron chi connectivity index (χ2n) is 6.76. The lowest BCUT2D eigenvalue weighted by Gasteiger charge is -2.14. The van der Waals surface area contributed by atoms with Gasteiger partial charge in [-0.05, 0) is 19.9 Å². The van der Waals surface area contributed by atoms with Crippen molar-refractivity contribution in [3.63, 3.8) is 0 Å². The summed E-state index contributed by atoms with van der Waals surface area (Å²) in [6, 6.07) is 14.0. The standard InChI is InChI=1S/C24H24N4O2/c1-5-28-14-20(23(27-28)17-10-8-7-9-11-17)24-19-12-18(16(3)30-6-2)22(29-4)13-21(19)25-15-26-24/h7-15H,3,5-6H2,1-2,4H3. The van der Waals surface area contributed by atoms with Gasteiger partial charge in [-0.3, -0.25) is 4.68 Å². The Morgan fingerprint density at radius 3 is 2.57 bits per heavy atom. The predicted molar refractivity (Wildman–Crippen MR) is 119 cm³/mol. The van der Waals surface area contributed by atoms with Crippen LogP contribution in [0, 0.1) is 0 Å². The molecule has 4 rings (SSSR count). The Kier molecular flexibility index (Phi) is 5.48. The molecule has 0 fully saturated rings. The highest BCUT2D eigenvalue weighted by molar-refractivity contribution is 5.98. The maximum absolute atomic E-state index is 5.65. The molecule has 30 heavy (non-hydrogen) atoms. The highest BCUT2D eigenvalue weighted by Gasteiger charge is 2.19. The molecule has 0 saturated heterocycles. The van der Waals surface area contributed by atoms with Crippen LogP contribution in [-0.2, 0) is 11.3 Å². The average Bonchev–Trinajstić information content (AvgIpc) is 3.23. The molecule has 0 aliphatic carbocycles. The second-order valence-corrected chi connectivity index (χ2v) is 6.76. The molecule has 4 aromatic rings. The zero-order valence-electron chi connectivity index (χ0n) is 17.4. The average molecular weight is 400 g/mol. The summed E-state index contributed by atoms with van der Waals surface area (Å²) in [7, 11) is 1.63. The summed E-state index contributed by atoms with van der Waals surface area (Å²) < 4.78 is 13.1. The first kappa shape index (κ1) is 19.6. The van der Waals surface area contributed by atoms with E-state index in [1.807, 2.05) is 48.1 Å². The van der Waals surface area contributed by atoms with E-state index in [1.165, 1.54) is 0 Å². The van der Waals surface area contributed by atoms with Crippen LogP contribution in [0.5, 0.6) is 5.75 Å². The van der Waals surface area contributed by atoms with Gasteiger partial charge < -0.3 is 9.47 Å². The number of methoxy groups -OCH3 is 1. The molecule has 0 spiro atoms. The first-order valence-electron chi connectivity index (χ1n) is 9.94. The number of ether oxygens (including phenoxy) is 2. The Morgan fingerprint density at radius 1 is 1.07 bits per heavy atom. The van der Waals surface area contributed by atoms with Crippen molar-refractivity contribution in [2.75, 3.05) is 13.7 Å². The number of rotatable bonds is 7. The van der Waals surface area contributed by atoms with Crippen molar-refractivity contribution in [2.24, 2.45) is 0 Å². The highest BCUT2D eigenvalue weighted by Crippen LogP contribution is 2.37. The first-order valence-corrected chi connectivity index (χ1v) is 9.94. The largest absolute Gasteiger partial charge is 0.496 e. The lowest BCUT2D eigenvalue weighted by molar-refractivity contribution is 0.296. The van der Waals surface area contributed by atoms with E-state index in [4.69, 9.17) is 14.6 Å².